The minimum Gasteiger partial charge on any atom is -0.489 e. The van der Waals surface area contributed by atoms with Gasteiger partial charge in [0.05, 0.1) is 12.1 Å². The second kappa shape index (κ2) is 10.3. The summed E-state index contributed by atoms with van der Waals surface area (Å²) < 4.78 is 25.0. The van der Waals surface area contributed by atoms with E-state index in [1.807, 2.05) is 42.5 Å². The molecule has 6 heteroatoms. The number of amides is 1. The van der Waals surface area contributed by atoms with Crippen LogP contribution >= 0.6 is 0 Å². The highest BCUT2D eigenvalue weighted by Gasteiger charge is 2.41. The van der Waals surface area contributed by atoms with Crippen molar-refractivity contribution >= 4 is 11.9 Å². The molecule has 1 aliphatic rings. The number of ether oxygens (including phenoxy) is 2. The van der Waals surface area contributed by atoms with E-state index in [-0.39, 0.29) is 30.9 Å². The van der Waals surface area contributed by atoms with Crippen molar-refractivity contribution < 1.29 is 23.5 Å². The molecule has 1 aliphatic heterocycles. The summed E-state index contributed by atoms with van der Waals surface area (Å²) in [5, 5.41) is 0. The van der Waals surface area contributed by atoms with Crippen molar-refractivity contribution in [2.45, 2.75) is 45.1 Å². The van der Waals surface area contributed by atoms with Crippen LogP contribution in [0.4, 0.5) is 9.18 Å². The van der Waals surface area contributed by atoms with E-state index in [9.17, 15) is 14.0 Å². The number of Topliss-reactive ketones (excluding diaryl/α,β-unsaturated/α-hetero) is 1. The largest absolute Gasteiger partial charge is 0.489 e. The fourth-order valence-electron chi connectivity index (χ4n) is 4.15. The van der Waals surface area contributed by atoms with E-state index in [1.54, 1.807) is 35.2 Å². The monoisotopic (exact) mass is 447 g/mol. The van der Waals surface area contributed by atoms with Crippen LogP contribution in [-0.4, -0.2) is 22.8 Å². The van der Waals surface area contributed by atoms with Gasteiger partial charge in [0.2, 0.25) is 0 Å². The summed E-state index contributed by atoms with van der Waals surface area (Å²) >= 11 is 0. The summed E-state index contributed by atoms with van der Waals surface area (Å²) in [6.07, 6.45) is 0.757. The van der Waals surface area contributed by atoms with Crippen molar-refractivity contribution in [1.29, 1.82) is 0 Å². The number of benzene rings is 3. The average molecular weight is 448 g/mol. The smallest absolute Gasteiger partial charge is 0.411 e. The summed E-state index contributed by atoms with van der Waals surface area (Å²) in [4.78, 5) is 26.7. The lowest BCUT2D eigenvalue weighted by atomic mass is 10.0. The third-order valence-corrected chi connectivity index (χ3v) is 5.89. The minimum atomic E-state index is -0.504. The second-order valence-electron chi connectivity index (χ2n) is 8.12. The first-order valence-corrected chi connectivity index (χ1v) is 11.0. The molecule has 170 valence electrons. The Kier molecular flexibility index (Phi) is 7.03. The first kappa shape index (κ1) is 22.5. The fourth-order valence-corrected chi connectivity index (χ4v) is 4.15. The topological polar surface area (TPSA) is 55.8 Å². The maximum Gasteiger partial charge on any atom is 0.411 e. The minimum absolute atomic E-state index is 0.0565. The zero-order valence-electron chi connectivity index (χ0n) is 18.4. The molecular weight excluding hydrogens is 421 g/mol. The molecule has 0 saturated carbocycles. The molecule has 0 aromatic heterocycles. The van der Waals surface area contributed by atoms with Crippen molar-refractivity contribution in [2.24, 2.45) is 0 Å². The van der Waals surface area contributed by atoms with Crippen LogP contribution in [0, 0.1) is 5.82 Å². The number of likely N-dealkylation sites (tertiary alicyclic amines) is 1. The average Bonchev–Trinajstić information content (AvgIpc) is 3.29. The normalized spacial score (nSPS) is 17.6. The molecule has 33 heavy (non-hydrogen) atoms. The van der Waals surface area contributed by atoms with Crippen molar-refractivity contribution in [3.8, 4) is 5.75 Å². The van der Waals surface area contributed by atoms with Gasteiger partial charge in [-0.1, -0.05) is 60.7 Å². The highest BCUT2D eigenvalue weighted by atomic mass is 19.1. The van der Waals surface area contributed by atoms with Crippen LogP contribution in [0.3, 0.4) is 0 Å². The second-order valence-corrected chi connectivity index (χ2v) is 8.12. The number of halogens is 1. The Labute approximate surface area is 192 Å². The van der Waals surface area contributed by atoms with E-state index in [4.69, 9.17) is 9.47 Å². The number of hydrogen-bond donors (Lipinski definition) is 0. The van der Waals surface area contributed by atoms with Crippen molar-refractivity contribution in [3.05, 3.63) is 101 Å². The van der Waals surface area contributed by atoms with Crippen LogP contribution in [0.1, 0.15) is 42.5 Å². The van der Waals surface area contributed by atoms with Gasteiger partial charge in [-0.2, -0.15) is 0 Å². The predicted octanol–water partition coefficient (Wildman–Crippen LogP) is 5.84. The quantitative estimate of drug-likeness (QED) is 0.457. The molecule has 0 radical (unpaired) electrons. The Balaban J connectivity index is 1.44. The molecule has 5 nitrogen and oxygen atoms in total. The maximum absolute atomic E-state index is 13.8. The Morgan fingerprint density at radius 1 is 0.909 bits per heavy atom. The van der Waals surface area contributed by atoms with Gasteiger partial charge in [-0.05, 0) is 49.1 Å². The Morgan fingerprint density at radius 3 is 2.30 bits per heavy atom. The predicted molar refractivity (Wildman–Crippen MR) is 122 cm³/mol. The van der Waals surface area contributed by atoms with Crippen molar-refractivity contribution in [1.82, 2.24) is 4.90 Å². The number of rotatable bonds is 7. The van der Waals surface area contributed by atoms with Crippen LogP contribution in [0.25, 0.3) is 0 Å². The van der Waals surface area contributed by atoms with Gasteiger partial charge >= 0.3 is 6.09 Å². The maximum atomic E-state index is 13.8. The third kappa shape index (κ3) is 5.40. The molecular formula is C27H26FNO4. The molecule has 0 aliphatic carbocycles. The highest BCUT2D eigenvalue weighted by molar-refractivity contribution is 5.86. The lowest BCUT2D eigenvalue weighted by Gasteiger charge is -2.28. The summed E-state index contributed by atoms with van der Waals surface area (Å²) in [7, 11) is 0. The van der Waals surface area contributed by atoms with Gasteiger partial charge in [0, 0.05) is 5.56 Å². The molecule has 0 bridgehead atoms. The highest BCUT2D eigenvalue weighted by Crippen LogP contribution is 2.37. The van der Waals surface area contributed by atoms with E-state index in [1.165, 1.54) is 13.0 Å². The zero-order valence-corrected chi connectivity index (χ0v) is 18.4. The fraction of sp³-hybridized carbons (Fsp3) is 0.259. The summed E-state index contributed by atoms with van der Waals surface area (Å²) in [5.74, 6) is 0.236. The molecule has 1 fully saturated rings. The number of ketones is 1. The summed E-state index contributed by atoms with van der Waals surface area (Å²) in [6.45, 7) is 1.78. The lowest BCUT2D eigenvalue weighted by molar-refractivity contribution is -0.121. The first-order valence-electron chi connectivity index (χ1n) is 11.0. The number of nitrogens with zero attached hydrogens (tertiary/aromatic N) is 1. The van der Waals surface area contributed by atoms with E-state index in [2.05, 4.69) is 0 Å². The molecule has 1 heterocycles. The van der Waals surface area contributed by atoms with E-state index >= 15 is 0 Å². The molecule has 4 rings (SSSR count). The summed E-state index contributed by atoms with van der Waals surface area (Å²) in [6, 6.07) is 22.5. The third-order valence-electron chi connectivity index (χ3n) is 5.89. The van der Waals surface area contributed by atoms with Crippen molar-refractivity contribution in [2.75, 3.05) is 0 Å². The first-order chi connectivity index (χ1) is 16.0. The van der Waals surface area contributed by atoms with Crippen LogP contribution in [0.15, 0.2) is 78.9 Å². The van der Waals surface area contributed by atoms with Gasteiger partial charge in [-0.25, -0.2) is 9.18 Å². The van der Waals surface area contributed by atoms with Crippen LogP contribution in [0.2, 0.25) is 0 Å². The van der Waals surface area contributed by atoms with Crippen LogP contribution < -0.4 is 4.74 Å². The van der Waals surface area contributed by atoms with Gasteiger partial charge in [0.1, 0.15) is 24.8 Å². The van der Waals surface area contributed by atoms with Crippen molar-refractivity contribution in [3.63, 3.8) is 0 Å². The van der Waals surface area contributed by atoms with E-state index in [0.29, 0.717) is 24.2 Å². The van der Waals surface area contributed by atoms with Crippen LogP contribution in [-0.2, 0) is 22.7 Å². The Bertz CT molecular complexity index is 1100. The van der Waals surface area contributed by atoms with Gasteiger partial charge in [-0.15, -0.1) is 0 Å². The van der Waals surface area contributed by atoms with E-state index < -0.39 is 12.1 Å². The molecule has 1 amide bonds. The standard InChI is InChI=1S/C27H26FNO4/c1-19(30)25-15-16-26(29(25)27(31)33-17-20-7-3-2-4-8-20)21-11-13-23(14-12-21)32-18-22-9-5-6-10-24(22)28/h2-14,25-26H,15-18H2,1H3/t25-,26+/m0/s1. The molecule has 0 N–H and O–H groups in total. The Hall–Kier alpha value is -3.67. The molecule has 1 saturated heterocycles. The number of carbonyl (C=O) groups excluding carboxylic acids is 2. The Morgan fingerprint density at radius 2 is 1.61 bits per heavy atom. The molecule has 0 unspecified atom stereocenters. The summed E-state index contributed by atoms with van der Waals surface area (Å²) in [5.41, 5.74) is 2.26. The SMILES string of the molecule is CC(=O)[C@@H]1CC[C@H](c2ccc(OCc3ccccc3F)cc2)N1C(=O)OCc1ccccc1. The van der Waals surface area contributed by atoms with E-state index in [0.717, 1.165) is 11.1 Å². The van der Waals surface area contributed by atoms with Crippen LogP contribution in [0.5, 0.6) is 5.75 Å². The number of hydrogen-bond acceptors (Lipinski definition) is 4. The molecule has 3 aromatic carbocycles. The molecule has 3 aromatic rings. The van der Waals surface area contributed by atoms with Gasteiger partial charge in [-0.3, -0.25) is 9.69 Å². The molecule has 0 spiro atoms. The number of carbonyl (C=O) groups is 2. The van der Waals surface area contributed by atoms with Gasteiger partial charge in [0.25, 0.3) is 0 Å². The van der Waals surface area contributed by atoms with Gasteiger partial charge in [0.15, 0.2) is 5.78 Å². The molecule has 2 atom stereocenters. The van der Waals surface area contributed by atoms with Gasteiger partial charge < -0.3 is 9.47 Å². The zero-order chi connectivity index (χ0) is 23.2. The lowest BCUT2D eigenvalue weighted by Crippen LogP contribution is -2.41.